The van der Waals surface area contributed by atoms with Crippen molar-refractivity contribution in [3.05, 3.63) is 53.1 Å². The summed E-state index contributed by atoms with van der Waals surface area (Å²) in [6.07, 6.45) is 10.3. The molecule has 1 aromatic heterocycles. The van der Waals surface area contributed by atoms with E-state index in [0.29, 0.717) is 0 Å². The number of nitrogens with one attached hydrogen (secondary N) is 1. The number of halogens is 1. The Labute approximate surface area is 150 Å². The Morgan fingerprint density at radius 1 is 1.21 bits per heavy atom. The maximum atomic E-state index is 5.96. The second-order valence-corrected chi connectivity index (χ2v) is 7.42. The van der Waals surface area contributed by atoms with Crippen LogP contribution in [0.5, 0.6) is 0 Å². The summed E-state index contributed by atoms with van der Waals surface area (Å²) < 4.78 is 2.28. The average Bonchev–Trinajstić information content (AvgIpc) is 3.01. The summed E-state index contributed by atoms with van der Waals surface area (Å²) in [5, 5.41) is 4.41. The van der Waals surface area contributed by atoms with Gasteiger partial charge in [0.05, 0.1) is 0 Å². The van der Waals surface area contributed by atoms with Crippen molar-refractivity contribution >= 4 is 11.6 Å². The molecule has 0 radical (unpaired) electrons. The third-order valence-electron chi connectivity index (χ3n) is 5.38. The molecule has 1 aromatic carbocycles. The summed E-state index contributed by atoms with van der Waals surface area (Å²) in [5.41, 5.74) is 1.40. The number of hydrogen-bond acceptors (Lipinski definition) is 2. The molecule has 1 aliphatic rings. The fourth-order valence-corrected chi connectivity index (χ4v) is 3.99. The predicted octanol–water partition coefficient (Wildman–Crippen LogP) is 4.48. The molecule has 1 N–H and O–H groups in total. The fraction of sp³-hybridized carbons (Fsp3) is 0.550. The zero-order chi connectivity index (χ0) is 16.8. The molecule has 0 saturated carbocycles. The quantitative estimate of drug-likeness (QED) is 0.801. The van der Waals surface area contributed by atoms with Crippen molar-refractivity contribution in [1.82, 2.24) is 14.9 Å². The van der Waals surface area contributed by atoms with E-state index in [4.69, 9.17) is 11.6 Å². The monoisotopic (exact) mass is 345 g/mol. The molecule has 1 fully saturated rings. The molecule has 2 unspecified atom stereocenters. The lowest BCUT2D eigenvalue weighted by atomic mass is 9.80. The largest absolute Gasteiger partial charge is 0.335 e. The highest BCUT2D eigenvalue weighted by atomic mass is 35.5. The minimum absolute atomic E-state index is 0.801. The Balaban J connectivity index is 1.47. The smallest absolute Gasteiger partial charge is 0.105 e. The van der Waals surface area contributed by atoms with Gasteiger partial charge in [0.15, 0.2) is 0 Å². The molecular weight excluding hydrogens is 318 g/mol. The van der Waals surface area contributed by atoms with Gasteiger partial charge in [-0.05, 0) is 81.6 Å². The molecular formula is C20H28ClN3. The Morgan fingerprint density at radius 2 is 2.04 bits per heavy atom. The van der Waals surface area contributed by atoms with Gasteiger partial charge >= 0.3 is 0 Å². The van der Waals surface area contributed by atoms with E-state index in [1.54, 1.807) is 0 Å². The molecule has 0 aliphatic carbocycles. The molecule has 1 saturated heterocycles. The van der Waals surface area contributed by atoms with Crippen molar-refractivity contribution in [3.8, 4) is 0 Å². The van der Waals surface area contributed by atoms with Crippen LogP contribution in [0.25, 0.3) is 0 Å². The van der Waals surface area contributed by atoms with Crippen LogP contribution >= 0.6 is 11.6 Å². The fourth-order valence-electron chi connectivity index (χ4n) is 3.86. The van der Waals surface area contributed by atoms with Crippen LogP contribution in [0.2, 0.25) is 5.02 Å². The minimum Gasteiger partial charge on any atom is -0.335 e. The summed E-state index contributed by atoms with van der Waals surface area (Å²) in [6.45, 7) is 5.53. The van der Waals surface area contributed by atoms with Gasteiger partial charge in [-0.25, -0.2) is 4.98 Å². The van der Waals surface area contributed by atoms with Gasteiger partial charge in [0.1, 0.15) is 5.82 Å². The highest BCUT2D eigenvalue weighted by Crippen LogP contribution is 2.28. The minimum atomic E-state index is 0.801. The van der Waals surface area contributed by atoms with E-state index in [1.165, 1.54) is 44.3 Å². The lowest BCUT2D eigenvalue weighted by molar-refractivity contribution is 0.216. The number of aryl methyl sites for hydroxylation is 3. The highest BCUT2D eigenvalue weighted by Gasteiger charge is 2.24. The van der Waals surface area contributed by atoms with Gasteiger partial charge in [0.2, 0.25) is 0 Å². The summed E-state index contributed by atoms with van der Waals surface area (Å²) in [7, 11) is 0. The van der Waals surface area contributed by atoms with E-state index >= 15 is 0 Å². The molecule has 0 spiro atoms. The number of hydrogen-bond donors (Lipinski definition) is 1. The topological polar surface area (TPSA) is 29.9 Å². The van der Waals surface area contributed by atoms with Crippen molar-refractivity contribution in [2.75, 3.05) is 13.1 Å². The lowest BCUT2D eigenvalue weighted by Crippen LogP contribution is -2.37. The van der Waals surface area contributed by atoms with Crippen molar-refractivity contribution < 1.29 is 0 Å². The lowest BCUT2D eigenvalue weighted by Gasteiger charge is -2.32. The SMILES string of the molecule is Cc1nccn1CCC1CCNCC1CCCc1ccc(Cl)cc1. The molecule has 0 bridgehead atoms. The van der Waals surface area contributed by atoms with E-state index in [2.05, 4.69) is 40.1 Å². The predicted molar refractivity (Wildman–Crippen MR) is 100 cm³/mol. The van der Waals surface area contributed by atoms with Crippen LogP contribution in [0, 0.1) is 18.8 Å². The average molecular weight is 346 g/mol. The van der Waals surface area contributed by atoms with Gasteiger partial charge in [-0.3, -0.25) is 0 Å². The maximum Gasteiger partial charge on any atom is 0.105 e. The van der Waals surface area contributed by atoms with Crippen LogP contribution in [0.1, 0.15) is 37.1 Å². The van der Waals surface area contributed by atoms with Gasteiger partial charge in [-0.15, -0.1) is 0 Å². The first-order chi connectivity index (χ1) is 11.7. The second-order valence-electron chi connectivity index (χ2n) is 6.99. The van der Waals surface area contributed by atoms with Crippen molar-refractivity contribution in [2.24, 2.45) is 11.8 Å². The number of piperidine rings is 1. The molecule has 4 heteroatoms. The molecule has 0 amide bonds. The molecule has 24 heavy (non-hydrogen) atoms. The van der Waals surface area contributed by atoms with Gasteiger partial charge in [0, 0.05) is 24.0 Å². The van der Waals surface area contributed by atoms with Crippen LogP contribution in [-0.2, 0) is 13.0 Å². The molecule has 2 heterocycles. The van der Waals surface area contributed by atoms with E-state index in [-0.39, 0.29) is 0 Å². The molecule has 1 aliphatic heterocycles. The van der Waals surface area contributed by atoms with Crippen molar-refractivity contribution in [2.45, 2.75) is 45.6 Å². The van der Waals surface area contributed by atoms with E-state index in [0.717, 1.165) is 35.6 Å². The molecule has 3 rings (SSSR count). The highest BCUT2D eigenvalue weighted by molar-refractivity contribution is 6.30. The van der Waals surface area contributed by atoms with Crippen LogP contribution in [-0.4, -0.2) is 22.6 Å². The summed E-state index contributed by atoms with van der Waals surface area (Å²) in [5.74, 6) is 2.76. The molecule has 2 aromatic rings. The summed E-state index contributed by atoms with van der Waals surface area (Å²) in [4.78, 5) is 4.33. The first kappa shape index (κ1) is 17.5. The van der Waals surface area contributed by atoms with Crippen molar-refractivity contribution in [3.63, 3.8) is 0 Å². The first-order valence-corrected chi connectivity index (χ1v) is 9.53. The van der Waals surface area contributed by atoms with E-state index < -0.39 is 0 Å². The Morgan fingerprint density at radius 3 is 2.79 bits per heavy atom. The third-order valence-corrected chi connectivity index (χ3v) is 5.64. The zero-order valence-electron chi connectivity index (χ0n) is 14.5. The van der Waals surface area contributed by atoms with Crippen LogP contribution in [0.15, 0.2) is 36.7 Å². The Hall–Kier alpha value is -1.32. The maximum absolute atomic E-state index is 5.96. The third kappa shape index (κ3) is 4.84. The Kier molecular flexibility index (Phi) is 6.33. The standard InChI is InChI=1S/C20H28ClN3/c1-16-23-12-14-24(16)13-10-18-9-11-22-15-19(18)4-2-3-17-5-7-20(21)8-6-17/h5-8,12,14,18-19,22H,2-4,9-11,13,15H2,1H3. The molecule has 2 atom stereocenters. The number of benzene rings is 1. The normalized spacial score (nSPS) is 21.1. The van der Waals surface area contributed by atoms with Gasteiger partial charge in [0.25, 0.3) is 0 Å². The van der Waals surface area contributed by atoms with Crippen LogP contribution in [0.4, 0.5) is 0 Å². The molecule has 3 nitrogen and oxygen atoms in total. The molecule has 130 valence electrons. The summed E-state index contributed by atoms with van der Waals surface area (Å²) in [6, 6.07) is 8.30. The number of nitrogens with zero attached hydrogens (tertiary/aromatic N) is 2. The zero-order valence-corrected chi connectivity index (χ0v) is 15.3. The number of rotatable bonds is 7. The van der Waals surface area contributed by atoms with E-state index in [9.17, 15) is 0 Å². The van der Waals surface area contributed by atoms with Crippen molar-refractivity contribution in [1.29, 1.82) is 0 Å². The Bertz CT molecular complexity index is 620. The number of imidazole rings is 1. The van der Waals surface area contributed by atoms with Gasteiger partial charge in [-0.2, -0.15) is 0 Å². The first-order valence-electron chi connectivity index (χ1n) is 9.15. The van der Waals surface area contributed by atoms with E-state index in [1.807, 2.05) is 18.3 Å². The number of aromatic nitrogens is 2. The van der Waals surface area contributed by atoms with Crippen LogP contribution < -0.4 is 5.32 Å². The van der Waals surface area contributed by atoms with Gasteiger partial charge < -0.3 is 9.88 Å². The van der Waals surface area contributed by atoms with Crippen LogP contribution in [0.3, 0.4) is 0 Å². The van der Waals surface area contributed by atoms with Gasteiger partial charge in [-0.1, -0.05) is 23.7 Å². The summed E-state index contributed by atoms with van der Waals surface area (Å²) >= 11 is 5.96. The second kappa shape index (κ2) is 8.68.